The Balaban J connectivity index is 1.35. The average Bonchev–Trinajstić information content (AvgIpc) is 2.80. The maximum Gasteiger partial charge on any atom is 0.321 e. The van der Waals surface area contributed by atoms with E-state index in [1.54, 1.807) is 0 Å². The molecule has 2 aromatic rings. The summed E-state index contributed by atoms with van der Waals surface area (Å²) in [5.74, 6) is 0.196. The Morgan fingerprint density at radius 3 is 2.28 bits per heavy atom. The van der Waals surface area contributed by atoms with Crippen molar-refractivity contribution in [2.75, 3.05) is 36.4 Å². The molecule has 0 aromatic heterocycles. The van der Waals surface area contributed by atoms with Crippen LogP contribution in [0.4, 0.5) is 16.2 Å². The van der Waals surface area contributed by atoms with E-state index < -0.39 is 6.10 Å². The van der Waals surface area contributed by atoms with Gasteiger partial charge in [-0.3, -0.25) is 0 Å². The zero-order chi connectivity index (χ0) is 20.1. The second-order valence-electron chi connectivity index (χ2n) is 8.18. The van der Waals surface area contributed by atoms with Crippen LogP contribution < -0.4 is 10.2 Å². The molecule has 5 nitrogen and oxygen atoms in total. The summed E-state index contributed by atoms with van der Waals surface area (Å²) in [7, 11) is 0. The van der Waals surface area contributed by atoms with Gasteiger partial charge in [-0.05, 0) is 55.7 Å². The molecule has 29 heavy (non-hydrogen) atoms. The number of carbonyl (C=O) groups is 1. The highest BCUT2D eigenvalue weighted by atomic mass is 16.3. The minimum Gasteiger partial charge on any atom is -0.388 e. The predicted octanol–water partition coefficient (Wildman–Crippen LogP) is 4.65. The molecular formula is C24H31N3O2. The van der Waals surface area contributed by atoms with E-state index in [0.29, 0.717) is 13.1 Å². The van der Waals surface area contributed by atoms with Crippen molar-refractivity contribution in [1.29, 1.82) is 0 Å². The molecule has 1 atom stereocenters. The van der Waals surface area contributed by atoms with Crippen molar-refractivity contribution in [3.63, 3.8) is 0 Å². The number of rotatable bonds is 4. The van der Waals surface area contributed by atoms with Gasteiger partial charge in [0.15, 0.2) is 0 Å². The lowest BCUT2D eigenvalue weighted by molar-refractivity contribution is 0.0683. The molecule has 2 heterocycles. The van der Waals surface area contributed by atoms with Gasteiger partial charge < -0.3 is 20.2 Å². The summed E-state index contributed by atoms with van der Waals surface area (Å²) in [6, 6.07) is 17.9. The van der Waals surface area contributed by atoms with E-state index in [1.807, 2.05) is 53.4 Å². The molecule has 0 bridgehead atoms. The Bertz CT molecular complexity index is 797. The molecule has 5 heteroatoms. The number of aliphatic hydroxyl groups is 1. The second kappa shape index (κ2) is 9.31. The monoisotopic (exact) mass is 393 g/mol. The van der Waals surface area contributed by atoms with E-state index in [-0.39, 0.29) is 11.9 Å². The maximum atomic E-state index is 12.9. The minimum absolute atomic E-state index is 0.0397. The first-order valence-corrected chi connectivity index (χ1v) is 10.9. The number of nitrogens with one attached hydrogen (secondary N) is 1. The largest absolute Gasteiger partial charge is 0.388 e. The van der Waals surface area contributed by atoms with Crippen LogP contribution >= 0.6 is 0 Å². The summed E-state index contributed by atoms with van der Waals surface area (Å²) in [5, 5.41) is 13.8. The first kappa shape index (κ1) is 19.8. The van der Waals surface area contributed by atoms with Gasteiger partial charge in [-0.25, -0.2) is 4.79 Å². The van der Waals surface area contributed by atoms with E-state index in [4.69, 9.17) is 0 Å². The summed E-state index contributed by atoms with van der Waals surface area (Å²) in [5.41, 5.74) is 2.98. The molecule has 0 aliphatic carbocycles. The Kier molecular flexibility index (Phi) is 6.35. The molecule has 154 valence electrons. The van der Waals surface area contributed by atoms with Crippen LogP contribution in [0.5, 0.6) is 0 Å². The zero-order valence-corrected chi connectivity index (χ0v) is 17.0. The Hall–Kier alpha value is -2.53. The molecule has 2 fully saturated rings. The lowest BCUT2D eigenvalue weighted by Crippen LogP contribution is -2.42. The number of anilines is 2. The quantitative estimate of drug-likeness (QED) is 0.795. The smallest absolute Gasteiger partial charge is 0.321 e. The van der Waals surface area contributed by atoms with Crippen molar-refractivity contribution in [1.82, 2.24) is 4.90 Å². The van der Waals surface area contributed by atoms with Gasteiger partial charge in [0.25, 0.3) is 0 Å². The first-order valence-electron chi connectivity index (χ1n) is 10.9. The van der Waals surface area contributed by atoms with Gasteiger partial charge in [-0.15, -0.1) is 0 Å². The van der Waals surface area contributed by atoms with Crippen LogP contribution in [0.1, 0.15) is 43.8 Å². The highest BCUT2D eigenvalue weighted by Gasteiger charge is 2.28. The molecule has 2 saturated heterocycles. The van der Waals surface area contributed by atoms with Crippen molar-refractivity contribution in [2.24, 2.45) is 5.92 Å². The molecule has 0 radical (unpaired) electrons. The average molecular weight is 394 g/mol. The topological polar surface area (TPSA) is 55.8 Å². The standard InChI is InChI=1S/C24H31N3O2/c28-23(19-9-3-1-4-10-19)20-13-17-27(18-14-20)24(29)25-21-11-5-6-12-22(21)26-15-7-2-8-16-26/h1,3-6,9-12,20,23,28H,2,7-8,13-18H2,(H,25,29). The summed E-state index contributed by atoms with van der Waals surface area (Å²) in [4.78, 5) is 17.1. The number of hydrogen-bond acceptors (Lipinski definition) is 3. The molecule has 1 unspecified atom stereocenters. The minimum atomic E-state index is -0.457. The van der Waals surface area contributed by atoms with Crippen molar-refractivity contribution < 1.29 is 9.90 Å². The van der Waals surface area contributed by atoms with Crippen LogP contribution in [0.2, 0.25) is 0 Å². The fourth-order valence-corrected chi connectivity index (χ4v) is 4.52. The zero-order valence-electron chi connectivity index (χ0n) is 17.0. The first-order chi connectivity index (χ1) is 14.2. The van der Waals surface area contributed by atoms with Crippen molar-refractivity contribution >= 4 is 17.4 Å². The predicted molar refractivity (Wildman–Crippen MR) is 117 cm³/mol. The number of nitrogens with zero attached hydrogens (tertiary/aromatic N) is 2. The van der Waals surface area contributed by atoms with Gasteiger partial charge >= 0.3 is 6.03 Å². The molecule has 2 aliphatic rings. The van der Waals surface area contributed by atoms with Gasteiger partial charge in [-0.1, -0.05) is 42.5 Å². The van der Waals surface area contributed by atoms with E-state index in [9.17, 15) is 9.90 Å². The highest BCUT2D eigenvalue weighted by Crippen LogP contribution is 2.32. The van der Waals surface area contributed by atoms with E-state index in [0.717, 1.165) is 42.9 Å². The second-order valence-corrected chi connectivity index (χ2v) is 8.18. The number of carbonyl (C=O) groups excluding carboxylic acids is 1. The number of aliphatic hydroxyl groups excluding tert-OH is 1. The number of benzene rings is 2. The molecule has 2 aliphatic heterocycles. The van der Waals surface area contributed by atoms with Crippen LogP contribution in [0, 0.1) is 5.92 Å². The van der Waals surface area contributed by atoms with Crippen molar-refractivity contribution in [3.8, 4) is 0 Å². The van der Waals surface area contributed by atoms with E-state index in [2.05, 4.69) is 16.3 Å². The SMILES string of the molecule is O=C(Nc1ccccc1N1CCCCC1)N1CCC(C(O)c2ccccc2)CC1. The maximum absolute atomic E-state index is 12.9. The lowest BCUT2D eigenvalue weighted by atomic mass is 9.87. The van der Waals surface area contributed by atoms with Crippen molar-refractivity contribution in [3.05, 3.63) is 60.2 Å². The highest BCUT2D eigenvalue weighted by molar-refractivity contribution is 5.93. The van der Waals surface area contributed by atoms with Crippen LogP contribution in [-0.4, -0.2) is 42.2 Å². The molecule has 2 N–H and O–H groups in total. The van der Waals surface area contributed by atoms with Crippen LogP contribution in [-0.2, 0) is 0 Å². The Morgan fingerprint density at radius 1 is 0.897 bits per heavy atom. The van der Waals surface area contributed by atoms with Gasteiger partial charge in [0.1, 0.15) is 0 Å². The summed E-state index contributed by atoms with van der Waals surface area (Å²) < 4.78 is 0. The van der Waals surface area contributed by atoms with Crippen LogP contribution in [0.3, 0.4) is 0 Å². The summed E-state index contributed by atoms with van der Waals surface area (Å²) in [6.07, 6.45) is 4.88. The molecule has 0 spiro atoms. The third kappa shape index (κ3) is 4.73. The molecule has 2 aromatic carbocycles. The third-order valence-corrected chi connectivity index (χ3v) is 6.26. The molecule has 0 saturated carbocycles. The lowest BCUT2D eigenvalue weighted by Gasteiger charge is -2.35. The molecular weight excluding hydrogens is 362 g/mol. The fourth-order valence-electron chi connectivity index (χ4n) is 4.52. The van der Waals surface area contributed by atoms with E-state index >= 15 is 0 Å². The van der Waals surface area contributed by atoms with Gasteiger partial charge in [0.05, 0.1) is 17.5 Å². The fraction of sp³-hybridized carbons (Fsp3) is 0.458. The third-order valence-electron chi connectivity index (χ3n) is 6.26. The van der Waals surface area contributed by atoms with Crippen LogP contribution in [0.15, 0.2) is 54.6 Å². The summed E-state index contributed by atoms with van der Waals surface area (Å²) in [6.45, 7) is 3.45. The molecule has 4 rings (SSSR count). The van der Waals surface area contributed by atoms with Gasteiger partial charge in [-0.2, -0.15) is 0 Å². The van der Waals surface area contributed by atoms with Crippen LogP contribution in [0.25, 0.3) is 0 Å². The number of likely N-dealkylation sites (tertiary alicyclic amines) is 1. The number of urea groups is 1. The number of amides is 2. The summed E-state index contributed by atoms with van der Waals surface area (Å²) >= 11 is 0. The Morgan fingerprint density at radius 2 is 1.55 bits per heavy atom. The molecule has 2 amide bonds. The number of para-hydroxylation sites is 2. The number of piperidine rings is 2. The van der Waals surface area contributed by atoms with Gasteiger partial charge in [0.2, 0.25) is 0 Å². The van der Waals surface area contributed by atoms with Crippen molar-refractivity contribution in [2.45, 2.75) is 38.2 Å². The number of hydrogen-bond donors (Lipinski definition) is 2. The van der Waals surface area contributed by atoms with E-state index in [1.165, 1.54) is 19.3 Å². The van der Waals surface area contributed by atoms with Gasteiger partial charge in [0, 0.05) is 26.2 Å². The normalized spacial score (nSPS) is 19.1. The Labute approximate surface area is 173 Å².